The van der Waals surface area contributed by atoms with Gasteiger partial charge in [0, 0.05) is 12.8 Å². The summed E-state index contributed by atoms with van der Waals surface area (Å²) in [7, 11) is 0. The first-order valence-corrected chi connectivity index (χ1v) is 5.45. The molecule has 4 nitrogen and oxygen atoms in total. The second-order valence-corrected chi connectivity index (χ2v) is 4.11. The van der Waals surface area contributed by atoms with E-state index in [0.717, 1.165) is 0 Å². The highest BCUT2D eigenvalue weighted by Crippen LogP contribution is 2.48. The summed E-state index contributed by atoms with van der Waals surface area (Å²) in [4.78, 5) is 20.0. The van der Waals surface area contributed by atoms with Gasteiger partial charge in [0.15, 0.2) is 0 Å². The van der Waals surface area contributed by atoms with Gasteiger partial charge in [-0.05, 0) is 12.8 Å². The molecule has 0 aromatic heterocycles. The molecular weight excluding hydrogens is 298 g/mol. The van der Waals surface area contributed by atoms with E-state index in [9.17, 15) is 35.9 Å². The molecule has 20 heavy (non-hydrogen) atoms. The fourth-order valence-corrected chi connectivity index (χ4v) is 1.32. The van der Waals surface area contributed by atoms with E-state index < -0.39 is 42.5 Å². The van der Waals surface area contributed by atoms with Crippen LogP contribution in [0.3, 0.4) is 0 Å². The van der Waals surface area contributed by atoms with Crippen LogP contribution < -0.4 is 0 Å². The lowest BCUT2D eigenvalue weighted by Crippen LogP contribution is -2.57. The molecule has 0 saturated carbocycles. The summed E-state index contributed by atoms with van der Waals surface area (Å²) in [5, 5.41) is 16.1. The molecule has 10 heteroatoms. The molecule has 0 amide bonds. The van der Waals surface area contributed by atoms with Gasteiger partial charge in [0.05, 0.1) is 0 Å². The molecule has 0 bridgehead atoms. The first kappa shape index (κ1) is 18.5. The number of carboxylic acids is 2. The lowest BCUT2D eigenvalue weighted by atomic mass is 9.98. The Morgan fingerprint density at radius 1 is 0.850 bits per heavy atom. The van der Waals surface area contributed by atoms with Crippen LogP contribution in [0.25, 0.3) is 0 Å². The molecule has 0 aromatic rings. The third-order valence-corrected chi connectivity index (χ3v) is 2.50. The Labute approximate surface area is 109 Å². The van der Waals surface area contributed by atoms with E-state index in [0.29, 0.717) is 0 Å². The van der Waals surface area contributed by atoms with E-state index in [1.165, 1.54) is 0 Å². The molecule has 0 heterocycles. The zero-order chi connectivity index (χ0) is 16.2. The number of hydrogen-bond acceptors (Lipinski definition) is 2. The van der Waals surface area contributed by atoms with Gasteiger partial charge in [-0.3, -0.25) is 4.79 Å². The minimum Gasteiger partial charge on any atom is -0.481 e. The van der Waals surface area contributed by atoms with Crippen LogP contribution in [0.1, 0.15) is 32.1 Å². The van der Waals surface area contributed by atoms with E-state index in [1.54, 1.807) is 0 Å². The smallest absolute Gasteiger partial charge is 0.410 e. The van der Waals surface area contributed by atoms with Crippen molar-refractivity contribution >= 4 is 11.9 Å². The summed E-state index contributed by atoms with van der Waals surface area (Å²) in [6, 6.07) is 0. The zero-order valence-electron chi connectivity index (χ0n) is 10.0. The van der Waals surface area contributed by atoms with E-state index in [-0.39, 0.29) is 19.3 Å². The first-order valence-electron chi connectivity index (χ1n) is 5.45. The van der Waals surface area contributed by atoms with Crippen LogP contribution in [-0.4, -0.2) is 39.9 Å². The molecule has 0 saturated heterocycles. The molecule has 0 unspecified atom stereocenters. The van der Waals surface area contributed by atoms with Gasteiger partial charge in [-0.15, -0.1) is 0 Å². The normalized spacial score (nSPS) is 13.3. The Bertz CT molecular complexity index is 369. The van der Waals surface area contributed by atoms with Gasteiger partial charge in [-0.1, -0.05) is 6.42 Å². The average Bonchev–Trinajstić information content (AvgIpc) is 2.27. The number of rotatable bonds is 9. The maximum absolute atomic E-state index is 13.0. The van der Waals surface area contributed by atoms with E-state index in [2.05, 4.69) is 0 Å². The Morgan fingerprint density at radius 2 is 1.35 bits per heavy atom. The largest absolute Gasteiger partial charge is 0.481 e. The molecule has 0 fully saturated rings. The maximum Gasteiger partial charge on any atom is 0.410 e. The van der Waals surface area contributed by atoms with Crippen LogP contribution in [0.15, 0.2) is 0 Å². The molecule has 0 aliphatic carbocycles. The van der Waals surface area contributed by atoms with Gasteiger partial charge in [-0.2, -0.15) is 26.3 Å². The molecule has 0 atom stereocenters. The third-order valence-electron chi connectivity index (χ3n) is 2.50. The van der Waals surface area contributed by atoms with Crippen molar-refractivity contribution in [1.29, 1.82) is 0 Å². The number of unbranched alkanes of at least 4 members (excludes halogenated alkanes) is 2. The number of carboxylic acid groups (broad SMARTS) is 2. The fourth-order valence-electron chi connectivity index (χ4n) is 1.32. The Kier molecular flexibility index (Phi) is 5.85. The van der Waals surface area contributed by atoms with E-state index in [4.69, 9.17) is 10.2 Å². The second kappa shape index (κ2) is 6.31. The first-order chi connectivity index (χ1) is 8.86. The quantitative estimate of drug-likeness (QED) is 0.507. The van der Waals surface area contributed by atoms with Crippen molar-refractivity contribution in [3.05, 3.63) is 0 Å². The highest BCUT2D eigenvalue weighted by molar-refractivity contribution is 5.77. The highest BCUT2D eigenvalue weighted by Gasteiger charge is 2.74. The third kappa shape index (κ3) is 4.01. The van der Waals surface area contributed by atoms with Crippen molar-refractivity contribution < 1.29 is 46.1 Å². The summed E-state index contributed by atoms with van der Waals surface area (Å²) in [6.07, 6.45) is -2.93. The van der Waals surface area contributed by atoms with Crippen LogP contribution in [0, 0.1) is 0 Å². The molecule has 2 N–H and O–H groups in total. The van der Waals surface area contributed by atoms with Crippen LogP contribution in [0.5, 0.6) is 0 Å². The number of aliphatic carboxylic acids is 2. The molecule has 0 aromatic carbocycles. The summed E-state index contributed by atoms with van der Waals surface area (Å²) in [5.74, 6) is -21.7. The Balaban J connectivity index is 4.62. The summed E-state index contributed by atoms with van der Waals surface area (Å²) in [5.41, 5.74) is 0. The summed E-state index contributed by atoms with van der Waals surface area (Å²) < 4.78 is 77.0. The predicted molar refractivity (Wildman–Crippen MR) is 53.2 cm³/mol. The zero-order valence-corrected chi connectivity index (χ0v) is 10.0. The average molecular weight is 310 g/mol. The van der Waals surface area contributed by atoms with E-state index >= 15 is 0 Å². The molecule has 0 aliphatic rings. The number of hydrogen-bond donors (Lipinski definition) is 2. The fraction of sp³-hybridized carbons (Fsp3) is 0.800. The molecule has 0 radical (unpaired) electrons. The highest BCUT2D eigenvalue weighted by atomic mass is 19.3. The molecular formula is C10H12F6O4. The number of halogens is 6. The lowest BCUT2D eigenvalue weighted by molar-refractivity contribution is -0.305. The molecule has 0 rings (SSSR count). The minimum atomic E-state index is -6.03. The van der Waals surface area contributed by atoms with Crippen molar-refractivity contribution in [2.45, 2.75) is 49.9 Å². The van der Waals surface area contributed by atoms with Crippen molar-refractivity contribution in [3.63, 3.8) is 0 Å². The Morgan fingerprint density at radius 3 is 1.75 bits per heavy atom. The molecule has 0 spiro atoms. The van der Waals surface area contributed by atoms with Crippen LogP contribution in [0.2, 0.25) is 0 Å². The van der Waals surface area contributed by atoms with Gasteiger partial charge in [0.2, 0.25) is 0 Å². The van der Waals surface area contributed by atoms with Crippen molar-refractivity contribution in [1.82, 2.24) is 0 Å². The van der Waals surface area contributed by atoms with Gasteiger partial charge in [0.25, 0.3) is 0 Å². The van der Waals surface area contributed by atoms with Gasteiger partial charge in [-0.25, -0.2) is 4.79 Å². The SMILES string of the molecule is O=C(O)CCCCCC(F)(F)C(F)(F)C(F)(F)C(=O)O. The maximum atomic E-state index is 13.0. The predicted octanol–water partition coefficient (Wildman–Crippen LogP) is 3.01. The van der Waals surface area contributed by atoms with Crippen molar-refractivity contribution in [3.8, 4) is 0 Å². The molecule has 118 valence electrons. The monoisotopic (exact) mass is 310 g/mol. The van der Waals surface area contributed by atoms with Crippen LogP contribution >= 0.6 is 0 Å². The van der Waals surface area contributed by atoms with Gasteiger partial charge in [0.1, 0.15) is 0 Å². The molecule has 0 aliphatic heterocycles. The number of alkyl halides is 6. The summed E-state index contributed by atoms with van der Waals surface area (Å²) >= 11 is 0. The van der Waals surface area contributed by atoms with Crippen LogP contribution in [-0.2, 0) is 9.59 Å². The minimum absolute atomic E-state index is 0.0771. The van der Waals surface area contributed by atoms with Gasteiger partial charge < -0.3 is 10.2 Å². The van der Waals surface area contributed by atoms with Crippen molar-refractivity contribution in [2.24, 2.45) is 0 Å². The summed E-state index contributed by atoms with van der Waals surface area (Å²) in [6.45, 7) is 0. The Hall–Kier alpha value is -1.48. The van der Waals surface area contributed by atoms with Crippen molar-refractivity contribution in [2.75, 3.05) is 0 Å². The standard InChI is InChI=1S/C10H12F6O4/c11-8(12,5-3-1-2-4-6(17)18)10(15,16)9(13,14)7(19)20/h1-5H2,(H,17,18)(H,19,20). The second-order valence-electron chi connectivity index (χ2n) is 4.11. The lowest BCUT2D eigenvalue weighted by Gasteiger charge is -2.30. The van der Waals surface area contributed by atoms with E-state index in [1.807, 2.05) is 0 Å². The topological polar surface area (TPSA) is 74.6 Å². The number of carbonyl (C=O) groups is 2. The van der Waals surface area contributed by atoms with Crippen LogP contribution in [0.4, 0.5) is 26.3 Å². The van der Waals surface area contributed by atoms with Gasteiger partial charge >= 0.3 is 29.7 Å².